The molecule has 1 fully saturated rings. The van der Waals surface area contributed by atoms with Gasteiger partial charge in [-0.15, -0.1) is 0 Å². The van der Waals surface area contributed by atoms with Crippen molar-refractivity contribution in [1.82, 2.24) is 14.6 Å². The Morgan fingerprint density at radius 3 is 2.54 bits per heavy atom. The Morgan fingerprint density at radius 2 is 1.86 bits per heavy atom. The van der Waals surface area contributed by atoms with Crippen molar-refractivity contribution in [1.29, 1.82) is 0 Å². The van der Waals surface area contributed by atoms with Gasteiger partial charge in [0.25, 0.3) is 0 Å². The van der Waals surface area contributed by atoms with Crippen LogP contribution >= 0.6 is 0 Å². The molecule has 2 aromatic heterocycles. The molecule has 1 saturated heterocycles. The average Bonchev–Trinajstić information content (AvgIpc) is 3.46. The van der Waals surface area contributed by atoms with Crippen LogP contribution in [0, 0.1) is 6.92 Å². The molecule has 2 aromatic carbocycles. The number of aliphatic hydroxyl groups excluding tert-OH is 1. The van der Waals surface area contributed by atoms with Crippen LogP contribution in [0.25, 0.3) is 28.0 Å². The van der Waals surface area contributed by atoms with Crippen molar-refractivity contribution in [3.8, 4) is 28.1 Å². The Kier molecular flexibility index (Phi) is 5.88. The molecule has 1 N–H and O–H groups in total. The van der Waals surface area contributed by atoms with E-state index in [0.717, 1.165) is 36.1 Å². The number of aryl methyl sites for hydroxylation is 1. The first kappa shape index (κ1) is 23.2. The van der Waals surface area contributed by atoms with Gasteiger partial charge in [0.05, 0.1) is 36.7 Å². The lowest BCUT2D eigenvalue weighted by atomic mass is 10.1. The maximum atomic E-state index is 13.5. The highest BCUT2D eigenvalue weighted by Gasteiger charge is 2.31. The number of alkyl halides is 3. The van der Waals surface area contributed by atoms with E-state index in [1.807, 2.05) is 36.1 Å². The van der Waals surface area contributed by atoms with Crippen molar-refractivity contribution < 1.29 is 23.0 Å². The molecule has 1 aliphatic heterocycles. The number of fused-ring (bicyclic) bond motifs is 1. The molecule has 9 heteroatoms. The van der Waals surface area contributed by atoms with E-state index < -0.39 is 11.7 Å². The van der Waals surface area contributed by atoms with Crippen LogP contribution in [0.3, 0.4) is 0 Å². The summed E-state index contributed by atoms with van der Waals surface area (Å²) in [7, 11) is 1.60. The molecule has 1 aliphatic rings. The summed E-state index contributed by atoms with van der Waals surface area (Å²) in [5, 5.41) is 14.6. The molecule has 35 heavy (non-hydrogen) atoms. The summed E-state index contributed by atoms with van der Waals surface area (Å²) < 4.78 is 47.4. The minimum Gasteiger partial charge on any atom is -0.497 e. The molecule has 0 unspecified atom stereocenters. The number of ether oxygens (including phenoxy) is 1. The molecule has 4 aromatic rings. The van der Waals surface area contributed by atoms with Crippen LogP contribution in [-0.4, -0.2) is 46.0 Å². The Morgan fingerprint density at radius 1 is 1.09 bits per heavy atom. The zero-order valence-electron chi connectivity index (χ0n) is 19.4. The molecule has 6 nitrogen and oxygen atoms in total. The summed E-state index contributed by atoms with van der Waals surface area (Å²) in [6, 6.07) is 14.4. The second kappa shape index (κ2) is 8.88. The van der Waals surface area contributed by atoms with Crippen LogP contribution in [0.2, 0.25) is 0 Å². The molecule has 182 valence electrons. The number of benzene rings is 2. The van der Waals surface area contributed by atoms with Crippen molar-refractivity contribution in [2.45, 2.75) is 32.0 Å². The molecule has 0 spiro atoms. The lowest BCUT2D eigenvalue weighted by molar-refractivity contribution is -0.137. The third kappa shape index (κ3) is 4.20. The number of hydrogen-bond acceptors (Lipinski definition) is 5. The lowest BCUT2D eigenvalue weighted by Crippen LogP contribution is -2.32. The van der Waals surface area contributed by atoms with Gasteiger partial charge in [-0.1, -0.05) is 24.3 Å². The Hall–Kier alpha value is -3.59. The fourth-order valence-corrected chi connectivity index (χ4v) is 4.74. The summed E-state index contributed by atoms with van der Waals surface area (Å²) in [5.74, 6) is 1.32. The van der Waals surface area contributed by atoms with E-state index in [1.54, 1.807) is 23.8 Å². The molecule has 3 heterocycles. The molecule has 0 amide bonds. The molecule has 1 atom stereocenters. The van der Waals surface area contributed by atoms with E-state index in [1.165, 1.54) is 6.07 Å². The topological polar surface area (TPSA) is 62.9 Å². The highest BCUT2D eigenvalue weighted by atomic mass is 19.4. The van der Waals surface area contributed by atoms with E-state index in [4.69, 9.17) is 9.72 Å². The van der Waals surface area contributed by atoms with Crippen LogP contribution in [0.5, 0.6) is 5.75 Å². The first-order valence-electron chi connectivity index (χ1n) is 11.4. The Labute approximate surface area is 200 Å². The zero-order valence-corrected chi connectivity index (χ0v) is 19.4. The van der Waals surface area contributed by atoms with Gasteiger partial charge in [-0.2, -0.15) is 18.3 Å². The maximum Gasteiger partial charge on any atom is 0.416 e. The predicted octanol–water partition coefficient (Wildman–Crippen LogP) is 5.36. The summed E-state index contributed by atoms with van der Waals surface area (Å²) >= 11 is 0. The molecule has 0 saturated carbocycles. The minimum atomic E-state index is -4.46. The first-order valence-corrected chi connectivity index (χ1v) is 11.4. The smallest absolute Gasteiger partial charge is 0.416 e. The van der Waals surface area contributed by atoms with E-state index in [-0.39, 0.29) is 12.6 Å². The number of nitrogens with zero attached hydrogens (tertiary/aromatic N) is 4. The van der Waals surface area contributed by atoms with Crippen molar-refractivity contribution >= 4 is 11.5 Å². The summed E-state index contributed by atoms with van der Waals surface area (Å²) in [6.45, 7) is 2.55. The molecule has 0 bridgehead atoms. The van der Waals surface area contributed by atoms with Crippen molar-refractivity contribution in [2.24, 2.45) is 0 Å². The predicted molar refractivity (Wildman–Crippen MR) is 128 cm³/mol. The van der Waals surface area contributed by atoms with Gasteiger partial charge in [-0.05, 0) is 49.6 Å². The van der Waals surface area contributed by atoms with E-state index in [9.17, 15) is 18.3 Å². The van der Waals surface area contributed by atoms with E-state index >= 15 is 0 Å². The second-order valence-corrected chi connectivity index (χ2v) is 8.67. The van der Waals surface area contributed by atoms with Gasteiger partial charge in [0.15, 0.2) is 5.65 Å². The first-order chi connectivity index (χ1) is 16.8. The van der Waals surface area contributed by atoms with E-state index in [2.05, 4.69) is 5.10 Å². The quantitative estimate of drug-likeness (QED) is 0.415. The van der Waals surface area contributed by atoms with Crippen molar-refractivity contribution in [3.05, 3.63) is 65.9 Å². The van der Waals surface area contributed by atoms with Gasteiger partial charge >= 0.3 is 6.18 Å². The monoisotopic (exact) mass is 482 g/mol. The fraction of sp³-hybridized carbons (Fsp3) is 0.308. The van der Waals surface area contributed by atoms with Gasteiger partial charge < -0.3 is 14.7 Å². The second-order valence-electron chi connectivity index (χ2n) is 8.67. The standard InChI is InChI=1S/C26H25F3N4O2/c1-16-24(17-8-10-21(35-2)11-9-17)25-30-23(32-12-4-7-20(32)15-34)14-22(33(25)31-16)18-5-3-6-19(13-18)26(27,28)29/h3,5-6,8-11,13-14,20,34H,4,7,12,15H2,1-2H3/t20-/m0/s1. The zero-order chi connectivity index (χ0) is 24.7. The molecular weight excluding hydrogens is 457 g/mol. The molecule has 5 rings (SSSR count). The maximum absolute atomic E-state index is 13.5. The summed E-state index contributed by atoms with van der Waals surface area (Å²) in [4.78, 5) is 6.94. The molecular formula is C26H25F3N4O2. The van der Waals surface area contributed by atoms with Crippen LogP contribution in [0.4, 0.5) is 19.0 Å². The number of anilines is 1. The van der Waals surface area contributed by atoms with Gasteiger partial charge in [0.2, 0.25) is 0 Å². The number of aromatic nitrogens is 3. The number of rotatable bonds is 5. The van der Waals surface area contributed by atoms with Gasteiger partial charge in [-0.3, -0.25) is 0 Å². The minimum absolute atomic E-state index is 0.0185. The molecule has 0 aliphatic carbocycles. The van der Waals surface area contributed by atoms with Gasteiger partial charge in [0, 0.05) is 23.7 Å². The van der Waals surface area contributed by atoms with E-state index in [0.29, 0.717) is 40.7 Å². The van der Waals surface area contributed by atoms with Crippen molar-refractivity contribution in [2.75, 3.05) is 25.2 Å². The Bertz CT molecular complexity index is 1370. The van der Waals surface area contributed by atoms with Crippen LogP contribution in [-0.2, 0) is 6.18 Å². The third-order valence-corrected chi connectivity index (χ3v) is 6.50. The van der Waals surface area contributed by atoms with Crippen molar-refractivity contribution in [3.63, 3.8) is 0 Å². The van der Waals surface area contributed by atoms with Gasteiger partial charge in [0.1, 0.15) is 11.6 Å². The SMILES string of the molecule is COc1ccc(-c2c(C)nn3c(-c4cccc(C(F)(F)F)c4)cc(N4CCC[C@H]4CO)nc23)cc1. The molecule has 0 radical (unpaired) electrons. The summed E-state index contributed by atoms with van der Waals surface area (Å²) in [5.41, 5.74) is 3.07. The number of aliphatic hydroxyl groups is 1. The number of hydrogen-bond donors (Lipinski definition) is 1. The lowest BCUT2D eigenvalue weighted by Gasteiger charge is -2.25. The van der Waals surface area contributed by atoms with Crippen LogP contribution in [0.1, 0.15) is 24.1 Å². The highest BCUT2D eigenvalue weighted by Crippen LogP contribution is 2.37. The number of methoxy groups -OCH3 is 1. The number of halogens is 3. The largest absolute Gasteiger partial charge is 0.497 e. The third-order valence-electron chi connectivity index (χ3n) is 6.50. The average molecular weight is 483 g/mol. The summed E-state index contributed by atoms with van der Waals surface area (Å²) in [6.07, 6.45) is -2.73. The normalized spacial score (nSPS) is 16.3. The Balaban J connectivity index is 1.76. The van der Waals surface area contributed by atoms with Crippen LogP contribution in [0.15, 0.2) is 54.6 Å². The van der Waals surface area contributed by atoms with Gasteiger partial charge in [-0.25, -0.2) is 9.50 Å². The highest BCUT2D eigenvalue weighted by molar-refractivity contribution is 5.83. The van der Waals surface area contributed by atoms with Crippen LogP contribution < -0.4 is 9.64 Å². The fourth-order valence-electron chi connectivity index (χ4n) is 4.74.